The van der Waals surface area contributed by atoms with Gasteiger partial charge in [-0.1, -0.05) is 0 Å². The Hall–Kier alpha value is -4.90. The summed E-state index contributed by atoms with van der Waals surface area (Å²) >= 11 is 3.15. The van der Waals surface area contributed by atoms with Crippen LogP contribution in [0.4, 0.5) is 11.4 Å². The van der Waals surface area contributed by atoms with Crippen molar-refractivity contribution in [3.05, 3.63) is 80.5 Å². The molecule has 5 aromatic carbocycles. The van der Waals surface area contributed by atoms with Crippen molar-refractivity contribution in [2.45, 2.75) is 0 Å². The molecule has 0 radical (unpaired) electrons. The maximum atomic E-state index is 13.2. The van der Waals surface area contributed by atoms with Crippen molar-refractivity contribution in [3.8, 4) is 12.1 Å². The highest BCUT2D eigenvalue weighted by atomic mass is 127. The summed E-state index contributed by atoms with van der Waals surface area (Å²) in [5.41, 5.74) is 0.248. The van der Waals surface area contributed by atoms with E-state index in [1.165, 1.54) is 24.3 Å². The molecule has 0 unspecified atom stereocenters. The van der Waals surface area contributed by atoms with Gasteiger partial charge in [-0.15, -0.1) is 0 Å². The molecular formula is C28H4I2N6O4. The predicted octanol–water partition coefficient (Wildman–Crippen LogP) is 6.47. The fraction of sp³-hybridized carbons (Fsp3) is 0. The van der Waals surface area contributed by atoms with Gasteiger partial charge in [0.25, 0.3) is 23.6 Å². The molecule has 0 spiro atoms. The molecule has 0 aromatic heterocycles. The number of nitrogens with zero attached hydrogens (tertiary/aromatic N) is 6. The van der Waals surface area contributed by atoms with Gasteiger partial charge in [0.1, 0.15) is 0 Å². The van der Waals surface area contributed by atoms with Crippen molar-refractivity contribution in [1.82, 2.24) is 6.23 Å². The number of benzene rings is 5. The van der Waals surface area contributed by atoms with E-state index in [0.717, 1.165) is 6.23 Å². The Labute approximate surface area is 250 Å². The van der Waals surface area contributed by atoms with Gasteiger partial charge in [0.05, 0.1) is 93.3 Å². The summed E-state index contributed by atoms with van der Waals surface area (Å²) < 4.78 is 1.76. The Morgan fingerprint density at radius 2 is 0.875 bits per heavy atom. The van der Waals surface area contributed by atoms with Crippen molar-refractivity contribution < 1.29 is 19.2 Å². The Balaban J connectivity index is 1.97. The van der Waals surface area contributed by atoms with E-state index in [-0.39, 0.29) is 87.8 Å². The fourth-order valence-corrected chi connectivity index (χ4v) is 6.94. The van der Waals surface area contributed by atoms with Crippen molar-refractivity contribution in [3.63, 3.8) is 0 Å². The molecule has 12 heteroatoms. The number of hydrogen-bond acceptors (Lipinski definition) is 6. The van der Waals surface area contributed by atoms with Crippen LogP contribution in [-0.2, 0) is 0 Å². The van der Waals surface area contributed by atoms with Crippen molar-refractivity contribution in [1.29, 1.82) is 10.5 Å². The molecular weight excluding hydrogens is 738 g/mol. The van der Waals surface area contributed by atoms with Crippen LogP contribution in [-0.4, -0.2) is 29.9 Å². The van der Waals surface area contributed by atoms with E-state index in [2.05, 4.69) is 21.8 Å². The summed E-state index contributed by atoms with van der Waals surface area (Å²) in [7, 11) is 0. The Bertz CT molecular complexity index is 2060. The van der Waals surface area contributed by atoms with E-state index in [9.17, 15) is 29.7 Å². The Morgan fingerprint density at radius 3 is 1.18 bits per heavy atom. The molecule has 0 N–H and O–H groups in total. The number of amides is 4. The minimum atomic E-state index is -0.650. The van der Waals surface area contributed by atoms with Crippen LogP contribution in [0.25, 0.3) is 52.8 Å². The third kappa shape index (κ3) is 2.57. The average molecular weight is 742 g/mol. The molecule has 4 amide bonds. The second kappa shape index (κ2) is 7.82. The van der Waals surface area contributed by atoms with Crippen LogP contribution in [0, 0.1) is 35.8 Å². The predicted molar refractivity (Wildman–Crippen MR) is 159 cm³/mol. The van der Waals surface area contributed by atoms with E-state index >= 15 is 0 Å². The lowest BCUT2D eigenvalue weighted by molar-refractivity contribution is 0.0742. The largest absolute Gasteiger partial charge is 0.270 e. The summed E-state index contributed by atoms with van der Waals surface area (Å²) in [6.07, 6.45) is 0. The molecule has 0 fully saturated rings. The minimum Gasteiger partial charge on any atom is -0.268 e. The normalized spacial score (nSPS) is 14.2. The van der Waals surface area contributed by atoms with Crippen LogP contribution in [0.2, 0.25) is 0 Å². The second-order valence-corrected chi connectivity index (χ2v) is 11.0. The second-order valence-electron chi connectivity index (χ2n) is 9.06. The van der Waals surface area contributed by atoms with Crippen molar-refractivity contribution >= 4 is 124 Å². The topological polar surface area (TPSA) is 131 Å². The van der Waals surface area contributed by atoms with Crippen LogP contribution < -0.4 is 0 Å². The van der Waals surface area contributed by atoms with E-state index in [4.69, 9.17) is 13.1 Å². The van der Waals surface area contributed by atoms with Crippen molar-refractivity contribution in [2.75, 3.05) is 0 Å². The van der Waals surface area contributed by atoms with E-state index in [1.807, 2.05) is 0 Å². The highest BCUT2D eigenvalue weighted by Gasteiger charge is 2.39. The lowest BCUT2D eigenvalue weighted by atomic mass is 9.79. The summed E-state index contributed by atoms with van der Waals surface area (Å²) in [5.74, 6) is -2.60. The van der Waals surface area contributed by atoms with Gasteiger partial charge in [-0.2, -0.15) is 10.5 Å². The lowest BCUT2D eigenvalue weighted by Crippen LogP contribution is -2.33. The van der Waals surface area contributed by atoms with Crippen LogP contribution in [0.15, 0.2) is 24.3 Å². The summed E-state index contributed by atoms with van der Waals surface area (Å²) in [6, 6.07) is 9.59. The molecule has 0 aliphatic carbocycles. The van der Waals surface area contributed by atoms with Gasteiger partial charge in [0, 0.05) is 32.7 Å². The molecule has 40 heavy (non-hydrogen) atoms. The monoisotopic (exact) mass is 742 g/mol. The Kier molecular flexibility index (Phi) is 4.73. The van der Waals surface area contributed by atoms with Gasteiger partial charge in [-0.25, -0.2) is 15.9 Å². The van der Waals surface area contributed by atoms with Crippen molar-refractivity contribution in [2.24, 2.45) is 0 Å². The number of halogens is 2. The number of hydrogen-bond donors (Lipinski definition) is 0. The third-order valence-corrected chi connectivity index (χ3v) is 9.14. The SMILES string of the molecule is [C-]#[N+]c1cc2c3c(cc(C#N)c4c5c(C#N)cc6c7c(cc([N+]#[C-])c(c1c34)c75)C(=O)N(I)C6=O)C(=O)N(I)C2=O. The molecule has 184 valence electrons. The van der Waals surface area contributed by atoms with E-state index in [1.54, 1.807) is 45.7 Å². The molecule has 10 nitrogen and oxygen atoms in total. The van der Waals surface area contributed by atoms with Crippen LogP contribution in [0.1, 0.15) is 52.6 Å². The molecule has 5 aromatic rings. The van der Waals surface area contributed by atoms with Crippen LogP contribution in [0.5, 0.6) is 0 Å². The molecule has 2 aliphatic heterocycles. The molecule has 0 bridgehead atoms. The molecule has 7 rings (SSSR count). The highest BCUT2D eigenvalue weighted by molar-refractivity contribution is 14.1. The number of nitriles is 2. The van der Waals surface area contributed by atoms with Gasteiger partial charge >= 0.3 is 0 Å². The van der Waals surface area contributed by atoms with Crippen LogP contribution in [0.3, 0.4) is 0 Å². The maximum Gasteiger partial charge on any atom is 0.270 e. The Morgan fingerprint density at radius 1 is 0.550 bits per heavy atom. The first-order valence-corrected chi connectivity index (χ1v) is 13.1. The van der Waals surface area contributed by atoms with Gasteiger partial charge in [0.2, 0.25) is 0 Å². The van der Waals surface area contributed by atoms with E-state index in [0.29, 0.717) is 0 Å². The molecule has 2 aliphatic rings. The summed E-state index contributed by atoms with van der Waals surface area (Å²) in [6.45, 7) is 16.0. The first-order valence-electron chi connectivity index (χ1n) is 11.2. The van der Waals surface area contributed by atoms with Crippen LogP contribution >= 0.6 is 45.7 Å². The van der Waals surface area contributed by atoms with E-state index < -0.39 is 23.6 Å². The number of carbonyl (C=O) groups excluding carboxylic acids is 4. The van der Waals surface area contributed by atoms with Gasteiger partial charge in [-0.3, -0.25) is 19.2 Å². The smallest absolute Gasteiger partial charge is 0.268 e. The standard InChI is InChI=1S/C28H4I2N6O4/c1-33-15-5-13-19-11(25(37)35(29)27(13)39)3-9(7-31)17-18-10(8-32)4-12-20-14(28(40)36(30)26(12)38)6-16(34-2)22(24(18)20)21(15)23(17)19/h3-6H. The quantitative estimate of drug-likeness (QED) is 0.0447. The lowest BCUT2D eigenvalue weighted by Gasteiger charge is -2.28. The zero-order valence-electron chi connectivity index (χ0n) is 19.4. The maximum absolute atomic E-state index is 13.2. The molecule has 0 saturated carbocycles. The first kappa shape index (κ1) is 24.2. The zero-order valence-corrected chi connectivity index (χ0v) is 23.7. The average Bonchev–Trinajstić information content (AvgIpc) is 2.98. The number of rotatable bonds is 0. The first-order chi connectivity index (χ1) is 19.2. The van der Waals surface area contributed by atoms with Gasteiger partial charge in [0.15, 0.2) is 11.4 Å². The van der Waals surface area contributed by atoms with Gasteiger partial charge < -0.3 is 0 Å². The third-order valence-electron chi connectivity index (χ3n) is 7.38. The summed E-state index contributed by atoms with van der Waals surface area (Å²) in [5, 5.41) is 22.2. The number of fused-ring (bicyclic) bond motifs is 2. The molecule has 0 saturated heterocycles. The highest BCUT2D eigenvalue weighted by Crippen LogP contribution is 2.53. The number of carbonyl (C=O) groups is 4. The zero-order chi connectivity index (χ0) is 28.4. The molecule has 0 atom stereocenters. The molecule has 2 heterocycles. The summed E-state index contributed by atoms with van der Waals surface area (Å²) in [4.78, 5) is 60.3. The number of imide groups is 2. The van der Waals surface area contributed by atoms with Gasteiger partial charge in [-0.05, 0) is 45.8 Å². The minimum absolute atomic E-state index is 0.000487. The fourth-order valence-electron chi connectivity index (χ4n) is 5.90.